The number of carbonyl (C=O) groups is 1. The van der Waals surface area contributed by atoms with E-state index in [1.165, 1.54) is 23.1 Å². The van der Waals surface area contributed by atoms with Crippen molar-refractivity contribution < 1.29 is 14.8 Å². The summed E-state index contributed by atoms with van der Waals surface area (Å²) in [5.74, 6) is -0.293. The Kier molecular flexibility index (Phi) is 3.66. The zero-order valence-corrected chi connectivity index (χ0v) is 9.01. The summed E-state index contributed by atoms with van der Waals surface area (Å²) in [6.45, 7) is 0. The Labute approximate surface area is 93.7 Å². The van der Waals surface area contributed by atoms with Gasteiger partial charge in [-0.1, -0.05) is 0 Å². The van der Waals surface area contributed by atoms with Crippen LogP contribution in [0, 0.1) is 11.3 Å². The maximum Gasteiger partial charge on any atom is 0.488 e. The van der Waals surface area contributed by atoms with Crippen LogP contribution in [0.3, 0.4) is 0 Å². The van der Waals surface area contributed by atoms with Crippen molar-refractivity contribution in [1.29, 1.82) is 5.26 Å². The van der Waals surface area contributed by atoms with Gasteiger partial charge in [-0.05, 0) is 23.7 Å². The van der Waals surface area contributed by atoms with Crippen LogP contribution in [0.4, 0.5) is 0 Å². The fraction of sp³-hybridized carbons (Fsp3) is 0.200. The number of nitriles is 1. The van der Waals surface area contributed by atoms with E-state index in [9.17, 15) is 4.79 Å². The van der Waals surface area contributed by atoms with Gasteiger partial charge < -0.3 is 14.9 Å². The summed E-state index contributed by atoms with van der Waals surface area (Å²) in [5, 5.41) is 26.8. The molecule has 1 aromatic rings. The van der Waals surface area contributed by atoms with Gasteiger partial charge >= 0.3 is 7.12 Å². The summed E-state index contributed by atoms with van der Waals surface area (Å²) in [7, 11) is 1.47. The molecular weight excluding hydrogens is 207 g/mol. The predicted molar refractivity (Wildman–Crippen MR) is 59.0 cm³/mol. The molecule has 0 bridgehead atoms. The SMILES string of the molecule is CN(C)C(=O)c1cc(C#N)cc(B(O)O)c1. The van der Waals surface area contributed by atoms with Crippen LogP contribution in [-0.4, -0.2) is 42.1 Å². The molecule has 1 rings (SSSR count). The topological polar surface area (TPSA) is 84.6 Å². The van der Waals surface area contributed by atoms with E-state index in [2.05, 4.69) is 0 Å². The van der Waals surface area contributed by atoms with Gasteiger partial charge in [-0.15, -0.1) is 0 Å². The molecule has 0 aromatic heterocycles. The Balaban J connectivity index is 3.26. The molecule has 5 nitrogen and oxygen atoms in total. The fourth-order valence-corrected chi connectivity index (χ4v) is 1.25. The molecule has 0 aliphatic heterocycles. The smallest absolute Gasteiger partial charge is 0.423 e. The van der Waals surface area contributed by atoms with Crippen LogP contribution in [0.15, 0.2) is 18.2 Å². The Hall–Kier alpha value is -1.84. The highest BCUT2D eigenvalue weighted by atomic mass is 16.4. The lowest BCUT2D eigenvalue weighted by molar-refractivity contribution is 0.0827. The van der Waals surface area contributed by atoms with Crippen LogP contribution in [0.25, 0.3) is 0 Å². The lowest BCUT2D eigenvalue weighted by Gasteiger charge is -2.11. The maximum atomic E-state index is 11.6. The molecule has 82 valence electrons. The van der Waals surface area contributed by atoms with Crippen LogP contribution in [0.1, 0.15) is 15.9 Å². The largest absolute Gasteiger partial charge is 0.488 e. The van der Waals surface area contributed by atoms with Gasteiger partial charge in [0.2, 0.25) is 0 Å². The van der Waals surface area contributed by atoms with Crippen molar-refractivity contribution in [3.8, 4) is 6.07 Å². The second-order valence-electron chi connectivity index (χ2n) is 3.53. The molecule has 1 amide bonds. The molecule has 16 heavy (non-hydrogen) atoms. The minimum Gasteiger partial charge on any atom is -0.423 e. The number of carbonyl (C=O) groups excluding carboxylic acids is 1. The van der Waals surface area contributed by atoms with Gasteiger partial charge in [0, 0.05) is 19.7 Å². The molecule has 6 heteroatoms. The van der Waals surface area contributed by atoms with Crippen LogP contribution >= 0.6 is 0 Å². The van der Waals surface area contributed by atoms with Crippen molar-refractivity contribution in [1.82, 2.24) is 4.90 Å². The first-order valence-electron chi connectivity index (χ1n) is 4.58. The number of hydrogen-bond acceptors (Lipinski definition) is 4. The van der Waals surface area contributed by atoms with E-state index in [0.29, 0.717) is 0 Å². The van der Waals surface area contributed by atoms with Gasteiger partial charge in [0.1, 0.15) is 0 Å². The minimum absolute atomic E-state index is 0.129. The molecule has 0 saturated carbocycles. The van der Waals surface area contributed by atoms with E-state index in [1.54, 1.807) is 14.1 Å². The maximum absolute atomic E-state index is 11.6. The highest BCUT2D eigenvalue weighted by Crippen LogP contribution is 2.05. The fourth-order valence-electron chi connectivity index (χ4n) is 1.25. The molecule has 0 aliphatic carbocycles. The molecule has 0 aliphatic rings. The van der Waals surface area contributed by atoms with Crippen molar-refractivity contribution in [3.63, 3.8) is 0 Å². The molecule has 2 N–H and O–H groups in total. The number of rotatable bonds is 2. The zero-order chi connectivity index (χ0) is 12.3. The summed E-state index contributed by atoms with van der Waals surface area (Å²) >= 11 is 0. The molecular formula is C10H11BN2O3. The Morgan fingerprint density at radius 2 is 2.00 bits per heavy atom. The van der Waals surface area contributed by atoms with Crippen LogP contribution in [0.5, 0.6) is 0 Å². The summed E-state index contributed by atoms with van der Waals surface area (Å²) < 4.78 is 0. The summed E-state index contributed by atoms with van der Waals surface area (Å²) in [6.07, 6.45) is 0. The third kappa shape index (κ3) is 2.60. The number of amides is 1. The van der Waals surface area contributed by atoms with Crippen molar-refractivity contribution in [2.24, 2.45) is 0 Å². The van der Waals surface area contributed by atoms with Gasteiger partial charge in [0.05, 0.1) is 11.6 Å². The highest BCUT2D eigenvalue weighted by Gasteiger charge is 2.16. The standard InChI is InChI=1S/C10H11BN2O3/c1-13(2)10(14)8-3-7(6-12)4-9(5-8)11(15)16/h3-5,15-16H,1-2H3. The molecule has 0 spiro atoms. The Morgan fingerprint density at radius 3 is 2.44 bits per heavy atom. The summed E-state index contributed by atoms with van der Waals surface area (Å²) in [6, 6.07) is 5.96. The van der Waals surface area contributed by atoms with Crippen molar-refractivity contribution >= 4 is 18.5 Å². The quantitative estimate of drug-likeness (QED) is 0.619. The first kappa shape index (κ1) is 12.2. The Bertz CT molecular complexity index is 452. The first-order chi connectivity index (χ1) is 7.45. The summed E-state index contributed by atoms with van der Waals surface area (Å²) in [4.78, 5) is 13.0. The van der Waals surface area contributed by atoms with Crippen LogP contribution in [-0.2, 0) is 0 Å². The lowest BCUT2D eigenvalue weighted by atomic mass is 9.78. The van der Waals surface area contributed by atoms with E-state index >= 15 is 0 Å². The molecule has 0 atom stereocenters. The molecule has 0 radical (unpaired) electrons. The lowest BCUT2D eigenvalue weighted by Crippen LogP contribution is -2.32. The van der Waals surface area contributed by atoms with Crippen LogP contribution in [0.2, 0.25) is 0 Å². The second kappa shape index (κ2) is 4.79. The number of benzene rings is 1. The van der Waals surface area contributed by atoms with E-state index in [1.807, 2.05) is 6.07 Å². The normalized spacial score (nSPS) is 9.44. The minimum atomic E-state index is -1.69. The van der Waals surface area contributed by atoms with E-state index < -0.39 is 7.12 Å². The average molecular weight is 218 g/mol. The van der Waals surface area contributed by atoms with Gasteiger partial charge in [0.25, 0.3) is 5.91 Å². The molecule has 0 saturated heterocycles. The number of nitrogens with zero attached hydrogens (tertiary/aromatic N) is 2. The van der Waals surface area contributed by atoms with Crippen molar-refractivity contribution in [2.45, 2.75) is 0 Å². The van der Waals surface area contributed by atoms with Gasteiger partial charge in [-0.3, -0.25) is 4.79 Å². The van der Waals surface area contributed by atoms with Gasteiger partial charge in [-0.25, -0.2) is 0 Å². The third-order valence-corrected chi connectivity index (χ3v) is 2.04. The number of hydrogen-bond donors (Lipinski definition) is 2. The molecule has 0 unspecified atom stereocenters. The van der Waals surface area contributed by atoms with Crippen molar-refractivity contribution in [3.05, 3.63) is 29.3 Å². The summed E-state index contributed by atoms with van der Waals surface area (Å²) in [5.41, 5.74) is 0.604. The molecule has 1 aromatic carbocycles. The van der Waals surface area contributed by atoms with E-state index in [0.717, 1.165) is 0 Å². The second-order valence-corrected chi connectivity index (χ2v) is 3.53. The van der Waals surface area contributed by atoms with Crippen LogP contribution < -0.4 is 5.46 Å². The predicted octanol–water partition coefficient (Wildman–Crippen LogP) is -1.06. The Morgan fingerprint density at radius 1 is 1.38 bits per heavy atom. The van der Waals surface area contributed by atoms with Gasteiger partial charge in [-0.2, -0.15) is 5.26 Å². The third-order valence-electron chi connectivity index (χ3n) is 2.04. The molecule has 0 fully saturated rings. The highest BCUT2D eigenvalue weighted by molar-refractivity contribution is 6.58. The monoisotopic (exact) mass is 218 g/mol. The first-order valence-corrected chi connectivity index (χ1v) is 4.58. The average Bonchev–Trinajstić information content (AvgIpc) is 2.27. The van der Waals surface area contributed by atoms with Gasteiger partial charge in [0.15, 0.2) is 0 Å². The van der Waals surface area contributed by atoms with E-state index in [4.69, 9.17) is 15.3 Å². The van der Waals surface area contributed by atoms with E-state index in [-0.39, 0.29) is 22.5 Å². The van der Waals surface area contributed by atoms with Crippen molar-refractivity contribution in [2.75, 3.05) is 14.1 Å². The molecule has 0 heterocycles. The zero-order valence-electron chi connectivity index (χ0n) is 9.01.